The van der Waals surface area contributed by atoms with Gasteiger partial charge in [-0.2, -0.15) is 0 Å². The van der Waals surface area contributed by atoms with Gasteiger partial charge < -0.3 is 19.4 Å². The number of H-pyrrole nitrogens is 1. The van der Waals surface area contributed by atoms with E-state index in [0.29, 0.717) is 11.4 Å². The van der Waals surface area contributed by atoms with E-state index in [4.69, 9.17) is 17.0 Å². The summed E-state index contributed by atoms with van der Waals surface area (Å²) in [4.78, 5) is 27.4. The Kier molecular flexibility index (Phi) is 4.84. The van der Waals surface area contributed by atoms with Crippen molar-refractivity contribution in [1.29, 1.82) is 0 Å². The van der Waals surface area contributed by atoms with Crippen molar-refractivity contribution < 1.29 is 9.84 Å². The summed E-state index contributed by atoms with van der Waals surface area (Å²) in [5.74, 6) is 0.687. The maximum atomic E-state index is 12.5. The fourth-order valence-corrected chi connectivity index (χ4v) is 3.09. The number of fused-ring (bicyclic) bond motifs is 1. The second-order valence-corrected chi connectivity index (χ2v) is 6.56. The van der Waals surface area contributed by atoms with Gasteiger partial charge in [-0.3, -0.25) is 13.9 Å². The van der Waals surface area contributed by atoms with Crippen molar-refractivity contribution in [2.24, 2.45) is 14.1 Å². The van der Waals surface area contributed by atoms with E-state index in [9.17, 15) is 14.7 Å². The number of aliphatic hydroxyl groups is 1. The minimum absolute atomic E-state index is 0.0470. The second-order valence-electron chi connectivity index (χ2n) is 6.17. The summed E-state index contributed by atoms with van der Waals surface area (Å²) in [6.07, 6.45) is -0.887. The summed E-state index contributed by atoms with van der Waals surface area (Å²) < 4.78 is 9.74. The number of aryl methyl sites for hydroxylation is 2. The van der Waals surface area contributed by atoms with Gasteiger partial charge in [0.1, 0.15) is 24.1 Å². The van der Waals surface area contributed by atoms with Crippen molar-refractivity contribution in [3.63, 3.8) is 0 Å². The highest BCUT2D eigenvalue weighted by molar-refractivity contribution is 7.71. The van der Waals surface area contributed by atoms with Gasteiger partial charge in [-0.25, -0.2) is 4.79 Å². The number of rotatable bonds is 5. The molecule has 0 unspecified atom stereocenters. The zero-order chi connectivity index (χ0) is 19.0. The summed E-state index contributed by atoms with van der Waals surface area (Å²) in [5.41, 5.74) is 0.619. The minimum atomic E-state index is -0.887. The molecule has 1 atom stereocenters. The fourth-order valence-electron chi connectivity index (χ4n) is 2.83. The molecular weight excluding hydrogens is 356 g/mol. The molecule has 0 fully saturated rings. The van der Waals surface area contributed by atoms with E-state index < -0.39 is 17.4 Å². The number of nitrogens with one attached hydrogen (secondary N) is 1. The van der Waals surface area contributed by atoms with Crippen LogP contribution in [0.1, 0.15) is 5.56 Å². The van der Waals surface area contributed by atoms with Gasteiger partial charge >= 0.3 is 5.69 Å². The molecule has 0 spiro atoms. The standard InChI is InChI=1S/C17H20N4O4S/c1-10-6-4-5-7-12(10)25-9-11(22)8-21-13-14(18-16(21)26)19(2)17(24)20(3)15(13)23/h4-7,11,22H,8-9H2,1-3H3,(H,18,26)/t11-/m1/s1. The molecule has 2 heterocycles. The molecule has 2 aromatic heterocycles. The van der Waals surface area contributed by atoms with Crippen LogP contribution < -0.4 is 16.0 Å². The quantitative estimate of drug-likeness (QED) is 0.644. The molecule has 0 saturated carbocycles. The molecule has 0 saturated heterocycles. The predicted molar refractivity (Wildman–Crippen MR) is 100 cm³/mol. The van der Waals surface area contributed by atoms with Crippen LogP contribution in [0.25, 0.3) is 11.2 Å². The Balaban J connectivity index is 1.90. The predicted octanol–water partition coefficient (Wildman–Crippen LogP) is 0.845. The van der Waals surface area contributed by atoms with Gasteiger partial charge in [0, 0.05) is 14.1 Å². The average Bonchev–Trinajstić information content (AvgIpc) is 2.94. The third kappa shape index (κ3) is 3.11. The number of nitrogens with zero attached hydrogens (tertiary/aromatic N) is 3. The first-order valence-corrected chi connectivity index (χ1v) is 8.47. The summed E-state index contributed by atoms with van der Waals surface area (Å²) in [6, 6.07) is 7.51. The molecule has 3 aromatic rings. The zero-order valence-corrected chi connectivity index (χ0v) is 15.5. The van der Waals surface area contributed by atoms with Gasteiger partial charge in [0.15, 0.2) is 10.3 Å². The Hall–Kier alpha value is -2.65. The lowest BCUT2D eigenvalue weighted by molar-refractivity contribution is 0.0927. The maximum Gasteiger partial charge on any atom is 0.332 e. The number of aromatic amines is 1. The number of aliphatic hydroxyl groups excluding tert-OH is 1. The Labute approximate surface area is 153 Å². The molecule has 1 aromatic carbocycles. The molecule has 9 heteroatoms. The molecule has 0 aliphatic rings. The van der Waals surface area contributed by atoms with Crippen LogP contribution in [0.3, 0.4) is 0 Å². The number of imidazole rings is 1. The highest BCUT2D eigenvalue weighted by Gasteiger charge is 2.17. The highest BCUT2D eigenvalue weighted by Crippen LogP contribution is 2.16. The van der Waals surface area contributed by atoms with Gasteiger partial charge in [0.2, 0.25) is 0 Å². The number of benzene rings is 1. The van der Waals surface area contributed by atoms with E-state index in [1.807, 2.05) is 31.2 Å². The fraction of sp³-hybridized carbons (Fsp3) is 0.353. The highest BCUT2D eigenvalue weighted by atomic mass is 32.1. The van der Waals surface area contributed by atoms with Crippen LogP contribution in [0.5, 0.6) is 5.75 Å². The maximum absolute atomic E-state index is 12.5. The Morgan fingerprint density at radius 1 is 1.23 bits per heavy atom. The van der Waals surface area contributed by atoms with Gasteiger partial charge in [-0.15, -0.1) is 0 Å². The van der Waals surface area contributed by atoms with Crippen LogP contribution in [0, 0.1) is 11.7 Å². The molecule has 0 aliphatic heterocycles. The normalized spacial score (nSPS) is 12.5. The van der Waals surface area contributed by atoms with Crippen LogP contribution in [-0.2, 0) is 20.6 Å². The first-order valence-electron chi connectivity index (χ1n) is 8.06. The molecule has 0 bridgehead atoms. The number of para-hydroxylation sites is 1. The molecule has 0 aliphatic carbocycles. The van der Waals surface area contributed by atoms with Crippen molar-refractivity contribution in [2.75, 3.05) is 6.61 Å². The molecule has 26 heavy (non-hydrogen) atoms. The lowest BCUT2D eigenvalue weighted by atomic mass is 10.2. The van der Waals surface area contributed by atoms with Crippen molar-refractivity contribution in [3.8, 4) is 5.75 Å². The van der Waals surface area contributed by atoms with Crippen LogP contribution in [-0.4, -0.2) is 36.5 Å². The third-order valence-electron chi connectivity index (χ3n) is 4.30. The first-order chi connectivity index (χ1) is 12.3. The summed E-state index contributed by atoms with van der Waals surface area (Å²) >= 11 is 5.27. The number of hydrogen-bond acceptors (Lipinski definition) is 5. The number of ether oxygens (including phenoxy) is 1. The van der Waals surface area contributed by atoms with E-state index in [1.165, 1.54) is 16.2 Å². The van der Waals surface area contributed by atoms with Crippen molar-refractivity contribution in [3.05, 3.63) is 55.4 Å². The third-order valence-corrected chi connectivity index (χ3v) is 4.62. The number of aromatic nitrogens is 4. The second kappa shape index (κ2) is 6.93. The summed E-state index contributed by atoms with van der Waals surface area (Å²) in [6.45, 7) is 2.03. The van der Waals surface area contributed by atoms with Crippen LogP contribution in [0.2, 0.25) is 0 Å². The van der Waals surface area contributed by atoms with Gasteiger partial charge in [0.25, 0.3) is 5.56 Å². The smallest absolute Gasteiger partial charge is 0.332 e. The van der Waals surface area contributed by atoms with E-state index in [1.54, 1.807) is 7.05 Å². The van der Waals surface area contributed by atoms with E-state index in [-0.39, 0.29) is 23.4 Å². The Morgan fingerprint density at radius 2 is 1.92 bits per heavy atom. The number of hydrogen-bond donors (Lipinski definition) is 2. The molecule has 138 valence electrons. The van der Waals surface area contributed by atoms with Gasteiger partial charge in [-0.1, -0.05) is 18.2 Å². The van der Waals surface area contributed by atoms with Crippen molar-refractivity contribution in [1.82, 2.24) is 18.7 Å². The SMILES string of the molecule is Cc1ccccc1OC[C@H](O)Cn1c(=S)[nH]c2c1c(=O)n(C)c(=O)n2C. The molecule has 3 rings (SSSR count). The largest absolute Gasteiger partial charge is 0.491 e. The van der Waals surface area contributed by atoms with Crippen LogP contribution in [0.15, 0.2) is 33.9 Å². The topological polar surface area (TPSA) is 94.2 Å². The lowest BCUT2D eigenvalue weighted by Crippen LogP contribution is -2.38. The van der Waals surface area contributed by atoms with Crippen molar-refractivity contribution in [2.45, 2.75) is 19.6 Å². The average molecular weight is 376 g/mol. The van der Waals surface area contributed by atoms with E-state index in [2.05, 4.69) is 4.98 Å². The minimum Gasteiger partial charge on any atom is -0.491 e. The Bertz CT molecular complexity index is 1140. The lowest BCUT2D eigenvalue weighted by Gasteiger charge is -2.15. The molecule has 0 radical (unpaired) electrons. The van der Waals surface area contributed by atoms with E-state index >= 15 is 0 Å². The molecule has 0 amide bonds. The van der Waals surface area contributed by atoms with Gasteiger partial charge in [0.05, 0.1) is 6.54 Å². The molecular formula is C17H20N4O4S. The van der Waals surface area contributed by atoms with Gasteiger partial charge in [-0.05, 0) is 30.8 Å². The van der Waals surface area contributed by atoms with Crippen LogP contribution in [0.4, 0.5) is 0 Å². The zero-order valence-electron chi connectivity index (χ0n) is 14.7. The monoisotopic (exact) mass is 376 g/mol. The van der Waals surface area contributed by atoms with E-state index in [0.717, 1.165) is 10.1 Å². The Morgan fingerprint density at radius 3 is 2.62 bits per heavy atom. The van der Waals surface area contributed by atoms with Crippen LogP contribution >= 0.6 is 12.2 Å². The first kappa shape index (κ1) is 18.2. The van der Waals surface area contributed by atoms with Crippen molar-refractivity contribution >= 4 is 23.4 Å². The summed E-state index contributed by atoms with van der Waals surface area (Å²) in [7, 11) is 2.96. The molecule has 8 nitrogen and oxygen atoms in total. The summed E-state index contributed by atoms with van der Waals surface area (Å²) in [5, 5.41) is 10.4. The molecule has 2 N–H and O–H groups in total.